The molecule has 1 heterocycles. The zero-order chi connectivity index (χ0) is 22.1. The first kappa shape index (κ1) is 22.9. The van der Waals surface area contributed by atoms with Gasteiger partial charge in [0.1, 0.15) is 5.75 Å². The molecule has 4 nitrogen and oxygen atoms in total. The summed E-state index contributed by atoms with van der Waals surface area (Å²) in [6.07, 6.45) is -2.32. The summed E-state index contributed by atoms with van der Waals surface area (Å²) < 4.78 is 40.9. The number of benzene rings is 1. The SMILES string of the molecule is CC(CCN1CC2C(C1)C2C(=O)NCc1cccc(OC(F)(F)F)c1)CC(C)(C)C. The predicted octanol–water partition coefficient (Wildman–Crippen LogP) is 4.84. The van der Waals surface area contributed by atoms with Gasteiger partial charge in [-0.1, -0.05) is 39.8 Å². The van der Waals surface area contributed by atoms with E-state index in [0.29, 0.717) is 28.7 Å². The molecule has 0 radical (unpaired) electrons. The number of ether oxygens (including phenoxy) is 1. The molecule has 1 aromatic rings. The molecular weight excluding hydrogens is 393 g/mol. The lowest BCUT2D eigenvalue weighted by molar-refractivity contribution is -0.274. The third kappa shape index (κ3) is 6.62. The van der Waals surface area contributed by atoms with Crippen LogP contribution < -0.4 is 10.1 Å². The van der Waals surface area contributed by atoms with Gasteiger partial charge >= 0.3 is 6.36 Å². The van der Waals surface area contributed by atoms with Gasteiger partial charge in [0.15, 0.2) is 0 Å². The van der Waals surface area contributed by atoms with Crippen LogP contribution in [-0.4, -0.2) is 36.8 Å². The average Bonchev–Trinajstić information content (AvgIpc) is 3.10. The van der Waals surface area contributed by atoms with Crippen molar-refractivity contribution in [1.82, 2.24) is 10.2 Å². The summed E-state index contributed by atoms with van der Waals surface area (Å²) in [5, 5.41) is 2.88. The third-order valence-corrected chi connectivity index (χ3v) is 6.07. The number of rotatable bonds is 8. The molecule has 1 N–H and O–H groups in total. The zero-order valence-electron chi connectivity index (χ0n) is 18.3. The Hall–Kier alpha value is -1.76. The van der Waals surface area contributed by atoms with Crippen LogP contribution in [0.2, 0.25) is 0 Å². The van der Waals surface area contributed by atoms with E-state index >= 15 is 0 Å². The van der Waals surface area contributed by atoms with E-state index in [1.54, 1.807) is 6.07 Å². The number of alkyl halides is 3. The number of nitrogens with one attached hydrogen (secondary N) is 1. The maximum absolute atomic E-state index is 12.5. The van der Waals surface area contributed by atoms with Crippen LogP contribution in [0.3, 0.4) is 0 Å². The number of carbonyl (C=O) groups excluding carboxylic acids is 1. The molecule has 3 atom stereocenters. The number of carbonyl (C=O) groups is 1. The summed E-state index contributed by atoms with van der Waals surface area (Å²) in [6, 6.07) is 5.73. The summed E-state index contributed by atoms with van der Waals surface area (Å²) in [5.74, 6) is 1.31. The van der Waals surface area contributed by atoms with Gasteiger partial charge in [-0.05, 0) is 60.3 Å². The van der Waals surface area contributed by atoms with E-state index < -0.39 is 6.36 Å². The van der Waals surface area contributed by atoms with Crippen LogP contribution >= 0.6 is 0 Å². The van der Waals surface area contributed by atoms with Crippen molar-refractivity contribution in [1.29, 1.82) is 0 Å². The van der Waals surface area contributed by atoms with Crippen molar-refractivity contribution in [2.75, 3.05) is 19.6 Å². The quantitative estimate of drug-likeness (QED) is 0.647. The van der Waals surface area contributed by atoms with Crippen molar-refractivity contribution < 1.29 is 22.7 Å². The van der Waals surface area contributed by atoms with Crippen LogP contribution in [0.25, 0.3) is 0 Å². The maximum atomic E-state index is 12.5. The Bertz CT molecular complexity index is 733. The van der Waals surface area contributed by atoms with E-state index in [-0.39, 0.29) is 24.1 Å². The first-order valence-corrected chi connectivity index (χ1v) is 10.8. The second-order valence-electron chi connectivity index (χ2n) is 10.2. The summed E-state index contributed by atoms with van der Waals surface area (Å²) in [5.41, 5.74) is 0.944. The second-order valence-corrected chi connectivity index (χ2v) is 10.2. The normalized spacial score (nSPS) is 25.0. The molecule has 2 fully saturated rings. The fourth-order valence-electron chi connectivity index (χ4n) is 4.90. The number of amides is 1. The number of halogens is 3. The highest BCUT2D eigenvalue weighted by Gasteiger charge is 2.58. The Kier molecular flexibility index (Phi) is 6.70. The molecule has 1 aliphatic carbocycles. The van der Waals surface area contributed by atoms with E-state index in [1.165, 1.54) is 31.0 Å². The van der Waals surface area contributed by atoms with Crippen molar-refractivity contribution in [3.8, 4) is 5.75 Å². The zero-order valence-corrected chi connectivity index (χ0v) is 18.3. The first-order chi connectivity index (χ1) is 13.9. The number of piperidine rings is 1. The Morgan fingerprint density at radius 3 is 2.50 bits per heavy atom. The minimum absolute atomic E-state index is 0.00731. The van der Waals surface area contributed by atoms with Crippen LogP contribution in [0, 0.1) is 29.1 Å². The van der Waals surface area contributed by atoms with Gasteiger partial charge in [-0.25, -0.2) is 0 Å². The minimum Gasteiger partial charge on any atom is -0.406 e. The van der Waals surface area contributed by atoms with Gasteiger partial charge < -0.3 is 15.0 Å². The molecule has 0 aromatic heterocycles. The predicted molar refractivity (Wildman–Crippen MR) is 110 cm³/mol. The molecule has 3 unspecified atom stereocenters. The number of nitrogens with zero attached hydrogens (tertiary/aromatic N) is 1. The van der Waals surface area contributed by atoms with Crippen LogP contribution in [0.15, 0.2) is 24.3 Å². The van der Waals surface area contributed by atoms with Crippen molar-refractivity contribution in [2.45, 2.75) is 53.4 Å². The summed E-state index contributed by atoms with van der Waals surface area (Å²) >= 11 is 0. The van der Waals surface area contributed by atoms with E-state index in [1.807, 2.05) is 0 Å². The van der Waals surface area contributed by atoms with Crippen LogP contribution in [-0.2, 0) is 11.3 Å². The van der Waals surface area contributed by atoms with Crippen LogP contribution in [0.4, 0.5) is 13.2 Å². The third-order valence-electron chi connectivity index (χ3n) is 6.07. The Balaban J connectivity index is 1.38. The molecule has 3 rings (SSSR count). The van der Waals surface area contributed by atoms with Crippen molar-refractivity contribution in [2.24, 2.45) is 29.1 Å². The molecule has 0 spiro atoms. The molecule has 30 heavy (non-hydrogen) atoms. The lowest BCUT2D eigenvalue weighted by Gasteiger charge is -2.26. The number of likely N-dealkylation sites (tertiary alicyclic amines) is 1. The number of hydrogen-bond acceptors (Lipinski definition) is 3. The van der Waals surface area contributed by atoms with Gasteiger partial charge in [0.05, 0.1) is 0 Å². The van der Waals surface area contributed by atoms with Gasteiger partial charge in [-0.3, -0.25) is 4.79 Å². The summed E-state index contributed by atoms with van der Waals surface area (Å²) in [7, 11) is 0. The smallest absolute Gasteiger partial charge is 0.406 e. The molecule has 1 saturated heterocycles. The molecule has 168 valence electrons. The Morgan fingerprint density at radius 1 is 1.23 bits per heavy atom. The monoisotopic (exact) mass is 426 g/mol. The van der Waals surface area contributed by atoms with Crippen LogP contribution in [0.5, 0.6) is 5.75 Å². The molecule has 1 aromatic carbocycles. The summed E-state index contributed by atoms with van der Waals surface area (Å²) in [6.45, 7) is 12.4. The average molecular weight is 427 g/mol. The topological polar surface area (TPSA) is 41.6 Å². The van der Waals surface area contributed by atoms with Crippen LogP contribution in [0.1, 0.15) is 46.1 Å². The van der Waals surface area contributed by atoms with E-state index in [0.717, 1.165) is 19.6 Å². The highest BCUT2D eigenvalue weighted by Crippen LogP contribution is 2.51. The van der Waals surface area contributed by atoms with Crippen molar-refractivity contribution >= 4 is 5.91 Å². The molecular formula is C23H33F3N2O2. The minimum atomic E-state index is -4.72. The van der Waals surface area contributed by atoms with Gasteiger partial charge in [-0.15, -0.1) is 13.2 Å². The van der Waals surface area contributed by atoms with Crippen molar-refractivity contribution in [3.05, 3.63) is 29.8 Å². The molecule has 2 aliphatic rings. The maximum Gasteiger partial charge on any atom is 0.573 e. The highest BCUT2D eigenvalue weighted by atomic mass is 19.4. The number of fused-ring (bicyclic) bond motifs is 1. The van der Waals surface area contributed by atoms with E-state index in [2.05, 4.69) is 42.6 Å². The Labute approximate surface area is 177 Å². The first-order valence-electron chi connectivity index (χ1n) is 10.8. The fourth-order valence-corrected chi connectivity index (χ4v) is 4.90. The molecule has 7 heteroatoms. The molecule has 1 aliphatic heterocycles. The fraction of sp³-hybridized carbons (Fsp3) is 0.696. The highest BCUT2D eigenvalue weighted by molar-refractivity contribution is 5.82. The second kappa shape index (κ2) is 8.77. The standard InChI is InChI=1S/C23H33F3N2O2/c1-15(11-22(2,3)4)8-9-28-13-18-19(14-28)20(18)21(29)27-12-16-6-5-7-17(10-16)30-23(24,25)26/h5-7,10,15,18-20H,8-9,11-14H2,1-4H3,(H,27,29). The van der Waals surface area contributed by atoms with E-state index in [9.17, 15) is 18.0 Å². The summed E-state index contributed by atoms with van der Waals surface area (Å²) in [4.78, 5) is 15.0. The van der Waals surface area contributed by atoms with E-state index in [4.69, 9.17) is 0 Å². The van der Waals surface area contributed by atoms with Gasteiger partial charge in [-0.2, -0.15) is 0 Å². The van der Waals surface area contributed by atoms with Gasteiger partial charge in [0.2, 0.25) is 5.91 Å². The molecule has 1 saturated carbocycles. The lowest BCUT2D eigenvalue weighted by Crippen LogP contribution is -2.32. The Morgan fingerprint density at radius 2 is 1.90 bits per heavy atom. The molecule has 0 bridgehead atoms. The van der Waals surface area contributed by atoms with Gasteiger partial charge in [0, 0.05) is 25.6 Å². The van der Waals surface area contributed by atoms with Gasteiger partial charge in [0.25, 0.3) is 0 Å². The van der Waals surface area contributed by atoms with Crippen molar-refractivity contribution in [3.63, 3.8) is 0 Å². The largest absolute Gasteiger partial charge is 0.573 e. The number of hydrogen-bond donors (Lipinski definition) is 1. The lowest BCUT2D eigenvalue weighted by atomic mass is 9.84. The molecule has 1 amide bonds.